The van der Waals surface area contributed by atoms with Gasteiger partial charge in [0.15, 0.2) is 0 Å². The molecule has 0 unspecified atom stereocenters. The second-order valence-corrected chi connectivity index (χ2v) is 7.07. The van der Waals surface area contributed by atoms with Crippen LogP contribution in [0.15, 0.2) is 12.5 Å². The maximum absolute atomic E-state index is 5.43. The third-order valence-electron chi connectivity index (χ3n) is 5.29. The Morgan fingerprint density at radius 3 is 2.84 bits per heavy atom. The summed E-state index contributed by atoms with van der Waals surface area (Å²) in [5, 5.41) is 9.03. The van der Waals surface area contributed by atoms with Crippen molar-refractivity contribution in [3.05, 3.63) is 29.9 Å². The van der Waals surface area contributed by atoms with Crippen molar-refractivity contribution in [1.82, 2.24) is 34.5 Å². The number of hydrogen-bond acceptors (Lipinski definition) is 6. The summed E-state index contributed by atoms with van der Waals surface area (Å²) in [5.74, 6) is 2.63. The van der Waals surface area contributed by atoms with E-state index in [-0.39, 0.29) is 0 Å². The van der Waals surface area contributed by atoms with E-state index in [1.54, 1.807) is 6.33 Å². The maximum Gasteiger partial charge on any atom is 0.146 e. The van der Waals surface area contributed by atoms with Crippen LogP contribution in [0.4, 0.5) is 0 Å². The topological polar surface area (TPSA) is 75.1 Å². The molecule has 0 bridgehead atoms. The van der Waals surface area contributed by atoms with Gasteiger partial charge in [-0.15, -0.1) is 10.2 Å². The van der Waals surface area contributed by atoms with Gasteiger partial charge < -0.3 is 14.3 Å². The molecule has 0 radical (unpaired) electrons. The molecule has 2 aliphatic heterocycles. The van der Waals surface area contributed by atoms with E-state index in [1.165, 1.54) is 18.5 Å². The van der Waals surface area contributed by atoms with Crippen molar-refractivity contribution in [2.45, 2.75) is 31.8 Å². The van der Waals surface area contributed by atoms with Crippen LogP contribution in [-0.4, -0.2) is 73.9 Å². The summed E-state index contributed by atoms with van der Waals surface area (Å²) in [5.41, 5.74) is 1.17. The van der Waals surface area contributed by atoms with Gasteiger partial charge in [-0.05, 0) is 19.4 Å². The van der Waals surface area contributed by atoms with E-state index in [0.717, 1.165) is 64.1 Å². The van der Waals surface area contributed by atoms with Crippen molar-refractivity contribution in [3.8, 4) is 0 Å². The van der Waals surface area contributed by atoms with Gasteiger partial charge in [0.25, 0.3) is 0 Å². The largest absolute Gasteiger partial charge is 0.379 e. The van der Waals surface area contributed by atoms with Gasteiger partial charge in [0.1, 0.15) is 11.6 Å². The first-order valence-corrected chi connectivity index (χ1v) is 9.17. The Hall–Kier alpha value is -1.77. The molecule has 2 saturated heterocycles. The number of likely N-dealkylation sites (tertiary alicyclic amines) is 1. The Morgan fingerprint density at radius 1 is 1.16 bits per heavy atom. The molecule has 1 atom stereocenters. The van der Waals surface area contributed by atoms with Crippen LogP contribution < -0.4 is 0 Å². The lowest BCUT2D eigenvalue weighted by atomic mass is 9.97. The number of aromatic amines is 1. The fourth-order valence-corrected chi connectivity index (χ4v) is 3.85. The molecular weight excluding hydrogens is 318 g/mol. The first-order valence-electron chi connectivity index (χ1n) is 9.17. The molecule has 2 aliphatic rings. The van der Waals surface area contributed by atoms with Gasteiger partial charge >= 0.3 is 0 Å². The number of nitrogens with one attached hydrogen (secondary N) is 1. The number of rotatable bonds is 5. The summed E-state index contributed by atoms with van der Waals surface area (Å²) in [6, 6.07) is 0. The number of H-pyrrole nitrogens is 1. The summed E-state index contributed by atoms with van der Waals surface area (Å²) in [7, 11) is 2.11. The Labute approximate surface area is 148 Å². The highest BCUT2D eigenvalue weighted by molar-refractivity contribution is 5.05. The predicted molar refractivity (Wildman–Crippen MR) is 92.9 cm³/mol. The van der Waals surface area contributed by atoms with Gasteiger partial charge in [-0.2, -0.15) is 0 Å². The third-order valence-corrected chi connectivity index (χ3v) is 5.29. The molecule has 136 valence electrons. The van der Waals surface area contributed by atoms with Gasteiger partial charge in [0.05, 0.1) is 26.1 Å². The molecule has 8 nitrogen and oxygen atoms in total. The molecule has 0 amide bonds. The summed E-state index contributed by atoms with van der Waals surface area (Å²) < 4.78 is 7.63. The summed E-state index contributed by atoms with van der Waals surface area (Å²) in [6.45, 7) is 7.53. The quantitative estimate of drug-likeness (QED) is 0.862. The lowest BCUT2D eigenvalue weighted by Crippen LogP contribution is -2.36. The van der Waals surface area contributed by atoms with Crippen molar-refractivity contribution in [2.75, 3.05) is 39.4 Å². The van der Waals surface area contributed by atoms with Crippen LogP contribution >= 0.6 is 0 Å². The molecule has 1 N–H and O–H groups in total. The Balaban J connectivity index is 1.40. The van der Waals surface area contributed by atoms with Crippen molar-refractivity contribution in [2.24, 2.45) is 7.05 Å². The molecular formula is C17H27N7O. The van der Waals surface area contributed by atoms with Crippen LogP contribution in [-0.2, 0) is 24.9 Å². The summed E-state index contributed by atoms with van der Waals surface area (Å²) in [6.07, 6.45) is 6.04. The van der Waals surface area contributed by atoms with Crippen LogP contribution in [0.25, 0.3) is 0 Å². The smallest absolute Gasteiger partial charge is 0.146 e. The zero-order valence-corrected chi connectivity index (χ0v) is 14.9. The fraction of sp³-hybridized carbons (Fsp3) is 0.706. The summed E-state index contributed by atoms with van der Waals surface area (Å²) >= 11 is 0. The van der Waals surface area contributed by atoms with Crippen molar-refractivity contribution in [3.63, 3.8) is 0 Å². The number of piperidine rings is 1. The molecule has 0 saturated carbocycles. The van der Waals surface area contributed by atoms with E-state index >= 15 is 0 Å². The predicted octanol–water partition coefficient (Wildman–Crippen LogP) is 0.750. The second kappa shape index (κ2) is 7.63. The van der Waals surface area contributed by atoms with Crippen LogP contribution in [0.2, 0.25) is 0 Å². The Bertz CT molecular complexity index is 663. The summed E-state index contributed by atoms with van der Waals surface area (Å²) in [4.78, 5) is 12.2. The van der Waals surface area contributed by atoms with Gasteiger partial charge in [0, 0.05) is 51.0 Å². The van der Waals surface area contributed by atoms with Crippen molar-refractivity contribution in [1.29, 1.82) is 0 Å². The molecule has 8 heteroatoms. The lowest BCUT2D eigenvalue weighted by Gasteiger charge is -2.32. The number of hydrogen-bond donors (Lipinski definition) is 1. The fourth-order valence-electron chi connectivity index (χ4n) is 3.85. The van der Waals surface area contributed by atoms with Crippen LogP contribution in [0, 0.1) is 0 Å². The van der Waals surface area contributed by atoms with Crippen LogP contribution in [0.3, 0.4) is 0 Å². The minimum absolute atomic E-state index is 0.451. The molecule has 0 spiro atoms. The number of aromatic nitrogens is 5. The average molecular weight is 345 g/mol. The van der Waals surface area contributed by atoms with Crippen molar-refractivity contribution >= 4 is 0 Å². The normalized spacial score (nSPS) is 23.2. The minimum Gasteiger partial charge on any atom is -0.379 e. The average Bonchev–Trinajstić information content (AvgIpc) is 3.27. The Kier molecular flexibility index (Phi) is 5.09. The number of imidazole rings is 1. The van der Waals surface area contributed by atoms with Gasteiger partial charge in [-0.3, -0.25) is 9.80 Å². The molecule has 4 heterocycles. The van der Waals surface area contributed by atoms with Gasteiger partial charge in [-0.1, -0.05) is 0 Å². The Morgan fingerprint density at radius 2 is 2.04 bits per heavy atom. The lowest BCUT2D eigenvalue weighted by molar-refractivity contribution is 0.0326. The number of morpholine rings is 1. The van der Waals surface area contributed by atoms with E-state index in [9.17, 15) is 0 Å². The molecule has 2 fully saturated rings. The van der Waals surface area contributed by atoms with Crippen LogP contribution in [0.5, 0.6) is 0 Å². The first kappa shape index (κ1) is 16.7. The first-order chi connectivity index (χ1) is 12.3. The minimum atomic E-state index is 0.451. The molecule has 0 aromatic carbocycles. The molecule has 4 rings (SSSR count). The molecule has 0 aliphatic carbocycles. The zero-order valence-electron chi connectivity index (χ0n) is 14.9. The monoisotopic (exact) mass is 345 g/mol. The number of nitrogens with zero attached hydrogens (tertiary/aromatic N) is 6. The van der Waals surface area contributed by atoms with Gasteiger partial charge in [0.2, 0.25) is 0 Å². The standard InChI is InChI=1S/C17H27N7O/c1-22-16(12-23-5-7-25-8-6-23)20-21-17(22)14-3-2-4-24(10-14)11-15-9-18-13-19-15/h9,13-14H,2-8,10-12H2,1H3,(H,18,19)/t14-/m1/s1. The van der Waals surface area contributed by atoms with Gasteiger partial charge in [-0.25, -0.2) is 4.98 Å². The maximum atomic E-state index is 5.43. The van der Waals surface area contributed by atoms with E-state index in [0.29, 0.717) is 5.92 Å². The van der Waals surface area contributed by atoms with E-state index in [2.05, 4.69) is 41.6 Å². The molecule has 2 aromatic heterocycles. The van der Waals surface area contributed by atoms with E-state index < -0.39 is 0 Å². The molecule has 25 heavy (non-hydrogen) atoms. The SMILES string of the molecule is Cn1c(CN2CCOCC2)nnc1[C@@H]1CCCN(Cc2cnc[nH]2)C1. The third kappa shape index (κ3) is 3.91. The second-order valence-electron chi connectivity index (χ2n) is 7.07. The highest BCUT2D eigenvalue weighted by Gasteiger charge is 2.26. The molecule has 2 aromatic rings. The van der Waals surface area contributed by atoms with Crippen LogP contribution in [0.1, 0.15) is 36.1 Å². The number of ether oxygens (including phenoxy) is 1. The van der Waals surface area contributed by atoms with E-state index in [4.69, 9.17) is 4.74 Å². The van der Waals surface area contributed by atoms with Crippen molar-refractivity contribution < 1.29 is 4.74 Å². The highest BCUT2D eigenvalue weighted by atomic mass is 16.5. The zero-order chi connectivity index (χ0) is 17.1. The highest BCUT2D eigenvalue weighted by Crippen LogP contribution is 2.26. The van der Waals surface area contributed by atoms with E-state index in [1.807, 2.05) is 6.20 Å².